The van der Waals surface area contributed by atoms with Gasteiger partial charge in [0.05, 0.1) is 27.9 Å². The molecule has 1 heterocycles. The van der Waals surface area contributed by atoms with E-state index in [-0.39, 0.29) is 0 Å². The quantitative estimate of drug-likeness (QED) is 0.362. The van der Waals surface area contributed by atoms with Gasteiger partial charge in [0, 0.05) is 0 Å². The van der Waals surface area contributed by atoms with Gasteiger partial charge >= 0.3 is 0 Å². The molecule has 0 aromatic carbocycles. The fourth-order valence-electron chi connectivity index (χ4n) is 1.83. The van der Waals surface area contributed by atoms with E-state index in [9.17, 15) is 0 Å². The maximum atomic E-state index is 5.50. The van der Waals surface area contributed by atoms with E-state index in [1.807, 2.05) is 0 Å². The molecule has 0 spiro atoms. The highest BCUT2D eigenvalue weighted by Crippen LogP contribution is 2.21. The molecule has 0 N–H and O–H groups in total. The molecule has 0 amide bonds. The molecule has 0 aromatic rings. The van der Waals surface area contributed by atoms with Gasteiger partial charge in [-0.05, 0) is 0 Å². The molecule has 1 saturated heterocycles. The summed E-state index contributed by atoms with van der Waals surface area (Å²) in [5, 5.41) is 0. The highest BCUT2D eigenvalue weighted by molar-refractivity contribution is 6.84. The predicted molar refractivity (Wildman–Crippen MR) is 66.9 cm³/mol. The summed E-state index contributed by atoms with van der Waals surface area (Å²) in [6.45, 7) is 9.38. The highest BCUT2D eigenvalue weighted by Gasteiger charge is 2.23. The van der Waals surface area contributed by atoms with Crippen molar-refractivity contribution in [3.63, 3.8) is 0 Å². The molecule has 2 nitrogen and oxygen atoms in total. The Bertz CT molecular complexity index is 188. The van der Waals surface area contributed by atoms with Gasteiger partial charge in [-0.2, -0.15) is 0 Å². The molecule has 1 aliphatic rings. The number of hydrogen-bond donors (Lipinski definition) is 0. The fraction of sp³-hybridized carbons (Fsp3) is 0.833. The number of ether oxygens (including phenoxy) is 2. The number of rotatable bonds is 8. The van der Waals surface area contributed by atoms with Crippen molar-refractivity contribution < 1.29 is 9.47 Å². The van der Waals surface area contributed by atoms with Crippen LogP contribution in [0.4, 0.5) is 0 Å². The van der Waals surface area contributed by atoms with E-state index in [2.05, 4.69) is 32.5 Å². The van der Waals surface area contributed by atoms with Crippen LogP contribution in [0, 0.1) is 0 Å². The van der Waals surface area contributed by atoms with E-state index < -0.39 is 8.07 Å². The summed E-state index contributed by atoms with van der Waals surface area (Å²) in [6, 6.07) is 4.05. The summed E-state index contributed by atoms with van der Waals surface area (Å²) in [5.74, 6) is 0. The molecular weight excluding hydrogens is 204 g/mol. The molecule has 15 heavy (non-hydrogen) atoms. The molecule has 1 unspecified atom stereocenters. The summed E-state index contributed by atoms with van der Waals surface area (Å²) in [7, 11) is -1.07. The lowest BCUT2D eigenvalue weighted by Gasteiger charge is -2.23. The Balaban J connectivity index is 2.19. The Morgan fingerprint density at radius 1 is 1.27 bits per heavy atom. The van der Waals surface area contributed by atoms with Gasteiger partial charge in [0.15, 0.2) is 0 Å². The smallest absolute Gasteiger partial charge is 0.104 e. The van der Waals surface area contributed by atoms with Crippen molar-refractivity contribution in [2.45, 2.75) is 45.0 Å². The van der Waals surface area contributed by atoms with Crippen LogP contribution in [0.25, 0.3) is 0 Å². The second kappa shape index (κ2) is 6.46. The Labute approximate surface area is 94.7 Å². The normalized spacial score (nSPS) is 21.1. The van der Waals surface area contributed by atoms with Crippen LogP contribution in [0.3, 0.4) is 0 Å². The molecule has 0 radical (unpaired) electrons. The summed E-state index contributed by atoms with van der Waals surface area (Å²) < 4.78 is 10.6. The van der Waals surface area contributed by atoms with Crippen LogP contribution in [0.5, 0.6) is 0 Å². The van der Waals surface area contributed by atoms with Crippen LogP contribution in [0.15, 0.2) is 11.8 Å². The average Bonchev–Trinajstić information content (AvgIpc) is 3.08. The topological polar surface area (TPSA) is 21.8 Å². The third-order valence-corrected chi connectivity index (χ3v) is 8.67. The summed E-state index contributed by atoms with van der Waals surface area (Å²) in [6.07, 6.45) is 2.62. The second-order valence-corrected chi connectivity index (χ2v) is 9.50. The minimum Gasteiger partial charge on any atom is -0.375 e. The maximum Gasteiger partial charge on any atom is 0.104 e. The van der Waals surface area contributed by atoms with Crippen molar-refractivity contribution in [1.29, 1.82) is 0 Å². The molecule has 0 saturated carbocycles. The molecule has 1 atom stereocenters. The first-order chi connectivity index (χ1) is 7.26. The third kappa shape index (κ3) is 4.49. The highest BCUT2D eigenvalue weighted by atomic mass is 28.3. The van der Waals surface area contributed by atoms with E-state index in [4.69, 9.17) is 9.47 Å². The van der Waals surface area contributed by atoms with Crippen molar-refractivity contribution >= 4 is 8.07 Å². The molecule has 0 bridgehead atoms. The van der Waals surface area contributed by atoms with Crippen molar-refractivity contribution in [2.24, 2.45) is 0 Å². The molecule has 1 rings (SSSR count). The lowest BCUT2D eigenvalue weighted by Crippen LogP contribution is -2.28. The zero-order valence-electron chi connectivity index (χ0n) is 10.3. The molecule has 88 valence electrons. The van der Waals surface area contributed by atoms with Crippen molar-refractivity contribution in [2.75, 3.05) is 19.8 Å². The van der Waals surface area contributed by atoms with Crippen LogP contribution in [0.2, 0.25) is 18.1 Å². The van der Waals surface area contributed by atoms with Gasteiger partial charge in [-0.15, -0.1) is 0 Å². The zero-order chi connectivity index (χ0) is 11.1. The monoisotopic (exact) mass is 228 g/mol. The predicted octanol–water partition coefficient (Wildman–Crippen LogP) is 3.01. The Morgan fingerprint density at radius 3 is 2.33 bits per heavy atom. The Hall–Kier alpha value is -0.123. The van der Waals surface area contributed by atoms with Crippen LogP contribution in [0.1, 0.15) is 20.8 Å². The first kappa shape index (κ1) is 12.9. The minimum absolute atomic E-state index is 0.393. The first-order valence-corrected chi connectivity index (χ1v) is 8.83. The van der Waals surface area contributed by atoms with Crippen molar-refractivity contribution in [1.82, 2.24) is 0 Å². The van der Waals surface area contributed by atoms with E-state index in [1.54, 1.807) is 0 Å². The maximum absolute atomic E-state index is 5.50. The fourth-order valence-corrected chi connectivity index (χ4v) is 4.64. The minimum atomic E-state index is -1.07. The summed E-state index contributed by atoms with van der Waals surface area (Å²) >= 11 is 0. The Morgan fingerprint density at radius 2 is 1.87 bits per heavy atom. The molecule has 3 heteroatoms. The van der Waals surface area contributed by atoms with Crippen LogP contribution < -0.4 is 0 Å². The van der Waals surface area contributed by atoms with Gasteiger partial charge in [0.2, 0.25) is 0 Å². The summed E-state index contributed by atoms with van der Waals surface area (Å²) in [4.78, 5) is 0. The van der Waals surface area contributed by atoms with Crippen LogP contribution in [-0.2, 0) is 9.47 Å². The molecule has 0 aromatic heterocycles. The van der Waals surface area contributed by atoms with Gasteiger partial charge in [0.25, 0.3) is 0 Å². The van der Waals surface area contributed by atoms with Gasteiger partial charge in [0.1, 0.15) is 6.10 Å². The summed E-state index contributed by atoms with van der Waals surface area (Å²) in [5.41, 5.74) is 2.47. The molecule has 1 fully saturated rings. The lowest BCUT2D eigenvalue weighted by molar-refractivity contribution is 0.141. The van der Waals surface area contributed by atoms with Crippen molar-refractivity contribution in [3.05, 3.63) is 11.8 Å². The second-order valence-electron chi connectivity index (χ2n) is 4.32. The number of epoxide rings is 1. The third-order valence-electron chi connectivity index (χ3n) is 3.50. The van der Waals surface area contributed by atoms with E-state index >= 15 is 0 Å². The van der Waals surface area contributed by atoms with Gasteiger partial charge in [-0.3, -0.25) is 0 Å². The molecule has 0 aliphatic carbocycles. The lowest BCUT2D eigenvalue weighted by atomic mass is 10.5. The van der Waals surface area contributed by atoms with E-state index in [0.717, 1.165) is 19.8 Å². The molecular formula is C12H24O2Si. The average molecular weight is 228 g/mol. The van der Waals surface area contributed by atoms with Gasteiger partial charge in [-0.1, -0.05) is 50.7 Å². The van der Waals surface area contributed by atoms with Gasteiger partial charge in [-0.25, -0.2) is 0 Å². The number of hydrogen-bond acceptors (Lipinski definition) is 2. The SMILES string of the molecule is CC[Si](/C=C/COCC1CO1)(CC)CC. The largest absolute Gasteiger partial charge is 0.375 e. The molecule has 1 aliphatic heterocycles. The van der Waals surface area contributed by atoms with E-state index in [1.165, 1.54) is 18.1 Å². The Kier molecular flexibility index (Phi) is 5.57. The standard InChI is InChI=1S/C12H24O2Si/c1-4-15(5-2,6-3)9-7-8-13-10-12-11-14-12/h7,9,12H,4-6,8,10-11H2,1-3H3/b9-7+. The van der Waals surface area contributed by atoms with Crippen molar-refractivity contribution in [3.8, 4) is 0 Å². The first-order valence-electron chi connectivity index (χ1n) is 6.13. The van der Waals surface area contributed by atoms with Crippen LogP contribution >= 0.6 is 0 Å². The zero-order valence-corrected chi connectivity index (χ0v) is 11.3. The van der Waals surface area contributed by atoms with Crippen LogP contribution in [-0.4, -0.2) is 34.0 Å². The van der Waals surface area contributed by atoms with E-state index in [0.29, 0.717) is 6.10 Å². The van der Waals surface area contributed by atoms with Gasteiger partial charge < -0.3 is 9.47 Å².